The van der Waals surface area contributed by atoms with Gasteiger partial charge in [-0.1, -0.05) is 30.3 Å². The van der Waals surface area contributed by atoms with Crippen molar-refractivity contribution < 1.29 is 9.21 Å². The molecule has 4 rings (SSSR count). The van der Waals surface area contributed by atoms with Gasteiger partial charge in [0.1, 0.15) is 0 Å². The maximum absolute atomic E-state index is 12.6. The smallest absolute Gasteiger partial charge is 0.247 e. The van der Waals surface area contributed by atoms with Crippen LogP contribution in [0.25, 0.3) is 11.5 Å². The fourth-order valence-electron chi connectivity index (χ4n) is 3.70. The number of amides is 1. The molecule has 150 valence electrons. The number of carbonyl (C=O) groups is 1. The van der Waals surface area contributed by atoms with Gasteiger partial charge in [-0.2, -0.15) is 0 Å². The van der Waals surface area contributed by atoms with Crippen molar-refractivity contribution in [3.8, 4) is 11.5 Å². The highest BCUT2D eigenvalue weighted by Gasteiger charge is 2.22. The number of carbonyl (C=O) groups excluding carboxylic acids is 1. The van der Waals surface area contributed by atoms with Crippen molar-refractivity contribution in [2.75, 3.05) is 31.1 Å². The third-order valence-corrected chi connectivity index (χ3v) is 5.59. The maximum atomic E-state index is 12.6. The van der Waals surface area contributed by atoms with Crippen LogP contribution in [0.15, 0.2) is 52.9 Å². The Balaban J connectivity index is 1.29. The van der Waals surface area contributed by atoms with Gasteiger partial charge in [-0.05, 0) is 43.2 Å². The van der Waals surface area contributed by atoms with Gasteiger partial charge < -0.3 is 14.2 Å². The standard InChI is InChI=1S/C23H26N4O2/c1-17-7-6-10-20(18(17)2)26-13-15-27(16-14-26)22(28)12-11-21-24-25-23(29-21)19-8-4-3-5-9-19/h3-10H,11-16H2,1-2H3. The van der Waals surface area contributed by atoms with Crippen LogP contribution in [-0.4, -0.2) is 47.2 Å². The fourth-order valence-corrected chi connectivity index (χ4v) is 3.70. The van der Waals surface area contributed by atoms with Crippen molar-refractivity contribution >= 4 is 11.6 Å². The molecule has 0 bridgehead atoms. The molecule has 0 saturated carbocycles. The van der Waals surface area contributed by atoms with Crippen LogP contribution >= 0.6 is 0 Å². The van der Waals surface area contributed by atoms with Gasteiger partial charge in [0.2, 0.25) is 17.7 Å². The molecule has 1 amide bonds. The number of anilines is 1. The Labute approximate surface area is 171 Å². The molecule has 0 N–H and O–H groups in total. The third-order valence-electron chi connectivity index (χ3n) is 5.59. The highest BCUT2D eigenvalue weighted by atomic mass is 16.4. The second-order valence-electron chi connectivity index (χ2n) is 7.45. The Morgan fingerprint density at radius 1 is 0.966 bits per heavy atom. The average Bonchev–Trinajstić information content (AvgIpc) is 3.24. The van der Waals surface area contributed by atoms with Gasteiger partial charge in [0, 0.05) is 50.3 Å². The van der Waals surface area contributed by atoms with Gasteiger partial charge in [-0.3, -0.25) is 4.79 Å². The molecule has 1 aliphatic heterocycles. The SMILES string of the molecule is Cc1cccc(N2CCN(C(=O)CCc3nnc(-c4ccccc4)o3)CC2)c1C. The summed E-state index contributed by atoms with van der Waals surface area (Å²) in [7, 11) is 0. The van der Waals surface area contributed by atoms with Crippen molar-refractivity contribution in [1.82, 2.24) is 15.1 Å². The normalized spacial score (nSPS) is 14.3. The van der Waals surface area contributed by atoms with Crippen molar-refractivity contribution in [1.29, 1.82) is 0 Å². The van der Waals surface area contributed by atoms with Crippen LogP contribution in [0.3, 0.4) is 0 Å². The van der Waals surface area contributed by atoms with Crippen LogP contribution in [0.2, 0.25) is 0 Å². The number of hydrogen-bond donors (Lipinski definition) is 0. The van der Waals surface area contributed by atoms with Gasteiger partial charge in [0.15, 0.2) is 0 Å². The molecule has 0 aliphatic carbocycles. The van der Waals surface area contributed by atoms with E-state index in [1.165, 1.54) is 16.8 Å². The molecule has 29 heavy (non-hydrogen) atoms. The number of benzene rings is 2. The van der Waals surface area contributed by atoms with E-state index in [9.17, 15) is 4.79 Å². The maximum Gasteiger partial charge on any atom is 0.247 e. The van der Waals surface area contributed by atoms with E-state index in [1.807, 2.05) is 35.2 Å². The van der Waals surface area contributed by atoms with Crippen LogP contribution in [0, 0.1) is 13.8 Å². The highest BCUT2D eigenvalue weighted by molar-refractivity contribution is 5.76. The van der Waals surface area contributed by atoms with Gasteiger partial charge in [0.05, 0.1) is 0 Å². The molecular weight excluding hydrogens is 364 g/mol. The van der Waals surface area contributed by atoms with Crippen molar-refractivity contribution in [3.05, 3.63) is 65.5 Å². The van der Waals surface area contributed by atoms with Gasteiger partial charge in [-0.15, -0.1) is 10.2 Å². The topological polar surface area (TPSA) is 62.5 Å². The van der Waals surface area contributed by atoms with E-state index < -0.39 is 0 Å². The van der Waals surface area contributed by atoms with E-state index in [-0.39, 0.29) is 5.91 Å². The lowest BCUT2D eigenvalue weighted by molar-refractivity contribution is -0.131. The summed E-state index contributed by atoms with van der Waals surface area (Å²) in [6, 6.07) is 16.1. The Morgan fingerprint density at radius 2 is 1.72 bits per heavy atom. The monoisotopic (exact) mass is 390 g/mol. The molecular formula is C23H26N4O2. The summed E-state index contributed by atoms with van der Waals surface area (Å²) < 4.78 is 5.71. The number of hydrogen-bond acceptors (Lipinski definition) is 5. The van der Waals surface area contributed by atoms with Crippen LogP contribution < -0.4 is 4.90 Å². The molecule has 1 saturated heterocycles. The Kier molecular flexibility index (Phi) is 5.60. The van der Waals surface area contributed by atoms with E-state index in [0.29, 0.717) is 24.6 Å². The zero-order valence-electron chi connectivity index (χ0n) is 17.0. The second-order valence-corrected chi connectivity index (χ2v) is 7.45. The molecule has 0 unspecified atom stereocenters. The van der Waals surface area contributed by atoms with Crippen LogP contribution in [0.5, 0.6) is 0 Å². The first-order valence-electron chi connectivity index (χ1n) is 10.1. The van der Waals surface area contributed by atoms with Crippen molar-refractivity contribution in [3.63, 3.8) is 0 Å². The molecule has 6 nitrogen and oxygen atoms in total. The quantitative estimate of drug-likeness (QED) is 0.666. The summed E-state index contributed by atoms with van der Waals surface area (Å²) in [4.78, 5) is 16.9. The minimum atomic E-state index is 0.144. The molecule has 0 atom stereocenters. The Bertz CT molecular complexity index is 976. The predicted octanol–water partition coefficient (Wildman–Crippen LogP) is 3.63. The van der Waals surface area contributed by atoms with E-state index >= 15 is 0 Å². The van der Waals surface area contributed by atoms with Crippen LogP contribution in [0.4, 0.5) is 5.69 Å². The van der Waals surface area contributed by atoms with E-state index in [0.717, 1.165) is 31.7 Å². The lowest BCUT2D eigenvalue weighted by Gasteiger charge is -2.37. The zero-order chi connectivity index (χ0) is 20.2. The Hall–Kier alpha value is -3.15. The number of piperazine rings is 1. The highest BCUT2D eigenvalue weighted by Crippen LogP contribution is 2.24. The number of rotatable bonds is 5. The molecule has 2 heterocycles. The van der Waals surface area contributed by atoms with Gasteiger partial charge in [0.25, 0.3) is 0 Å². The molecule has 2 aromatic carbocycles. The summed E-state index contributed by atoms with van der Waals surface area (Å²) in [5.74, 6) is 1.14. The largest absolute Gasteiger partial charge is 0.421 e. The van der Waals surface area contributed by atoms with Gasteiger partial charge >= 0.3 is 0 Å². The summed E-state index contributed by atoms with van der Waals surface area (Å²) in [6.45, 7) is 7.50. The Morgan fingerprint density at radius 3 is 2.48 bits per heavy atom. The minimum absolute atomic E-state index is 0.144. The first-order valence-corrected chi connectivity index (χ1v) is 10.1. The lowest BCUT2D eigenvalue weighted by atomic mass is 10.1. The first-order chi connectivity index (χ1) is 14.1. The second kappa shape index (κ2) is 8.47. The average molecular weight is 390 g/mol. The summed E-state index contributed by atoms with van der Waals surface area (Å²) in [6.07, 6.45) is 0.857. The van der Waals surface area contributed by atoms with E-state index in [1.54, 1.807) is 0 Å². The predicted molar refractivity (Wildman–Crippen MR) is 113 cm³/mol. The summed E-state index contributed by atoms with van der Waals surface area (Å²) in [5, 5.41) is 8.17. The lowest BCUT2D eigenvalue weighted by Crippen LogP contribution is -2.49. The van der Waals surface area contributed by atoms with Crippen LogP contribution in [0.1, 0.15) is 23.4 Å². The summed E-state index contributed by atoms with van der Waals surface area (Å²) >= 11 is 0. The zero-order valence-corrected chi connectivity index (χ0v) is 17.0. The summed E-state index contributed by atoms with van der Waals surface area (Å²) in [5.41, 5.74) is 4.78. The van der Waals surface area contributed by atoms with E-state index in [4.69, 9.17) is 4.42 Å². The molecule has 6 heteroatoms. The van der Waals surface area contributed by atoms with E-state index in [2.05, 4.69) is 47.1 Å². The molecule has 0 spiro atoms. The molecule has 0 radical (unpaired) electrons. The number of nitrogens with zero attached hydrogens (tertiary/aromatic N) is 4. The fraction of sp³-hybridized carbons (Fsp3) is 0.348. The number of aryl methyl sites for hydroxylation is 2. The molecule has 1 aliphatic rings. The first kappa shape index (κ1) is 19.2. The molecule has 3 aromatic rings. The molecule has 1 aromatic heterocycles. The van der Waals surface area contributed by atoms with Crippen LogP contribution in [-0.2, 0) is 11.2 Å². The van der Waals surface area contributed by atoms with Crippen molar-refractivity contribution in [2.24, 2.45) is 0 Å². The third kappa shape index (κ3) is 4.31. The number of aromatic nitrogens is 2. The molecule has 1 fully saturated rings. The van der Waals surface area contributed by atoms with Crippen molar-refractivity contribution in [2.45, 2.75) is 26.7 Å². The van der Waals surface area contributed by atoms with Gasteiger partial charge in [-0.25, -0.2) is 0 Å². The minimum Gasteiger partial charge on any atom is -0.421 e.